The number of esters is 1. The average molecular weight is 339 g/mol. The van der Waals surface area contributed by atoms with Crippen molar-refractivity contribution in [3.8, 4) is 0 Å². The zero-order valence-electron chi connectivity index (χ0n) is 10.7. The lowest BCUT2D eigenvalue weighted by atomic mass is 9.68. The number of hydrogen-bond donors (Lipinski definition) is 0. The summed E-state index contributed by atoms with van der Waals surface area (Å²) in [5.41, 5.74) is 0.426. The Kier molecular flexibility index (Phi) is 4.63. The molecule has 0 amide bonds. The smallest absolute Gasteiger partial charge is 0.307 e. The molecule has 16 heavy (non-hydrogen) atoms. The lowest BCUT2D eigenvalue weighted by Gasteiger charge is -2.46. The van der Waals surface area contributed by atoms with Gasteiger partial charge in [0.15, 0.2) is 0 Å². The van der Waals surface area contributed by atoms with E-state index in [9.17, 15) is 4.79 Å². The average Bonchev–Trinajstić information content (AvgIpc) is 2.21. The van der Waals surface area contributed by atoms with Crippen LogP contribution in [0.4, 0.5) is 0 Å². The Bertz CT molecular complexity index is 254. The highest BCUT2D eigenvalue weighted by Crippen LogP contribution is 2.45. The van der Waals surface area contributed by atoms with Crippen LogP contribution in [0.2, 0.25) is 0 Å². The fourth-order valence-corrected chi connectivity index (χ4v) is 2.98. The van der Waals surface area contributed by atoms with Crippen molar-refractivity contribution in [1.29, 1.82) is 0 Å². The molecular weight excluding hydrogens is 317 g/mol. The normalized spacial score (nSPS) is 23.1. The summed E-state index contributed by atoms with van der Waals surface area (Å²) in [6.07, 6.45) is 5.02. The Labute approximate surface area is 112 Å². The summed E-state index contributed by atoms with van der Waals surface area (Å²) in [5, 5.41) is 0. The van der Waals surface area contributed by atoms with Crippen molar-refractivity contribution in [1.82, 2.24) is 3.11 Å². The summed E-state index contributed by atoms with van der Waals surface area (Å²) >= 11 is 2.30. The van der Waals surface area contributed by atoms with Gasteiger partial charge >= 0.3 is 5.97 Å². The quantitative estimate of drug-likeness (QED) is 0.449. The van der Waals surface area contributed by atoms with Crippen LogP contribution in [0.15, 0.2) is 0 Å². The maximum Gasteiger partial charge on any atom is 0.307 e. The van der Waals surface area contributed by atoms with E-state index >= 15 is 0 Å². The van der Waals surface area contributed by atoms with Crippen LogP contribution in [0, 0.1) is 5.41 Å². The summed E-state index contributed by atoms with van der Waals surface area (Å²) < 4.78 is 6.99. The topological polar surface area (TPSA) is 29.5 Å². The number of rotatable bonds is 3. The first-order chi connectivity index (χ1) is 7.31. The molecule has 1 saturated carbocycles. The number of ether oxygens (including phenoxy) is 1. The van der Waals surface area contributed by atoms with Gasteiger partial charge in [-0.15, -0.1) is 0 Å². The standard InChI is InChI=1S/C12H22INO2/c1-11(2)5-7-12(8-6-11,14(3)13)9-10(15)16-4/h5-9H2,1-4H3. The minimum Gasteiger partial charge on any atom is -0.469 e. The minimum absolute atomic E-state index is 0.00315. The highest BCUT2D eigenvalue weighted by molar-refractivity contribution is 14.1. The molecule has 3 nitrogen and oxygen atoms in total. The molecule has 0 saturated heterocycles. The van der Waals surface area contributed by atoms with Crippen molar-refractivity contribution in [2.45, 2.75) is 51.5 Å². The Hall–Kier alpha value is 0.160. The van der Waals surface area contributed by atoms with Gasteiger partial charge in [-0.25, -0.2) is 3.11 Å². The van der Waals surface area contributed by atoms with Gasteiger partial charge in [-0.3, -0.25) is 4.79 Å². The summed E-state index contributed by atoms with van der Waals surface area (Å²) in [6.45, 7) is 4.62. The predicted molar refractivity (Wildman–Crippen MR) is 73.4 cm³/mol. The first-order valence-electron chi connectivity index (χ1n) is 5.78. The maximum atomic E-state index is 11.5. The SMILES string of the molecule is COC(=O)CC1(N(C)I)CCC(C)(C)CC1. The van der Waals surface area contributed by atoms with Gasteiger partial charge in [0.25, 0.3) is 0 Å². The fraction of sp³-hybridized carbons (Fsp3) is 0.917. The second-order valence-electron chi connectivity index (χ2n) is 5.62. The lowest BCUT2D eigenvalue weighted by molar-refractivity contribution is -0.143. The molecule has 0 unspecified atom stereocenters. The molecule has 0 atom stereocenters. The molecular formula is C12H22INO2. The minimum atomic E-state index is -0.0942. The van der Waals surface area contributed by atoms with E-state index in [1.165, 1.54) is 20.0 Å². The summed E-state index contributed by atoms with van der Waals surface area (Å²) in [4.78, 5) is 11.5. The third-order valence-corrected chi connectivity index (χ3v) is 4.91. The van der Waals surface area contributed by atoms with Crippen LogP contribution in [0.1, 0.15) is 46.0 Å². The molecule has 1 fully saturated rings. The Balaban J connectivity index is 2.72. The van der Waals surface area contributed by atoms with E-state index < -0.39 is 0 Å². The first-order valence-corrected chi connectivity index (χ1v) is 6.74. The van der Waals surface area contributed by atoms with Gasteiger partial charge < -0.3 is 4.74 Å². The number of hydrogen-bond acceptors (Lipinski definition) is 3. The van der Waals surface area contributed by atoms with Crippen LogP contribution in [0.3, 0.4) is 0 Å². The molecule has 4 heteroatoms. The second-order valence-corrected chi connectivity index (χ2v) is 7.07. The first kappa shape index (κ1) is 14.2. The van der Waals surface area contributed by atoms with E-state index in [2.05, 4.69) is 46.9 Å². The van der Waals surface area contributed by atoms with Crippen LogP contribution >= 0.6 is 22.9 Å². The summed E-state index contributed by atoms with van der Waals surface area (Å²) in [6, 6.07) is 0. The summed E-state index contributed by atoms with van der Waals surface area (Å²) in [5.74, 6) is -0.0942. The number of carbonyl (C=O) groups is 1. The van der Waals surface area contributed by atoms with Crippen LogP contribution in [0.25, 0.3) is 0 Å². The van der Waals surface area contributed by atoms with Gasteiger partial charge in [-0.05, 0) is 38.1 Å². The number of nitrogens with zero attached hydrogens (tertiary/aromatic N) is 1. The molecule has 94 valence electrons. The van der Waals surface area contributed by atoms with Gasteiger partial charge in [0.1, 0.15) is 0 Å². The lowest BCUT2D eigenvalue weighted by Crippen LogP contribution is -2.47. The Morgan fingerprint density at radius 1 is 1.31 bits per heavy atom. The van der Waals surface area contributed by atoms with Crippen LogP contribution < -0.4 is 0 Å². The molecule has 0 heterocycles. The van der Waals surface area contributed by atoms with Crippen LogP contribution in [-0.2, 0) is 9.53 Å². The number of methoxy groups -OCH3 is 1. The van der Waals surface area contributed by atoms with Crippen molar-refractivity contribution in [2.75, 3.05) is 14.2 Å². The summed E-state index contributed by atoms with van der Waals surface area (Å²) in [7, 11) is 3.53. The van der Waals surface area contributed by atoms with Crippen molar-refractivity contribution >= 4 is 28.8 Å². The van der Waals surface area contributed by atoms with E-state index in [1.54, 1.807) is 0 Å². The fourth-order valence-electron chi connectivity index (χ4n) is 2.33. The van der Waals surface area contributed by atoms with E-state index in [0.29, 0.717) is 11.8 Å². The molecule has 0 bridgehead atoms. The number of carbonyl (C=O) groups excluding carboxylic acids is 1. The highest BCUT2D eigenvalue weighted by Gasteiger charge is 2.42. The molecule has 1 aliphatic rings. The molecule has 0 N–H and O–H groups in total. The number of halogens is 1. The van der Waals surface area contributed by atoms with Crippen LogP contribution in [-0.4, -0.2) is 28.8 Å². The third kappa shape index (κ3) is 3.32. The molecule has 0 aliphatic heterocycles. The second kappa shape index (κ2) is 5.21. The molecule has 0 spiro atoms. The maximum absolute atomic E-state index is 11.5. The Morgan fingerprint density at radius 3 is 2.19 bits per heavy atom. The van der Waals surface area contributed by atoms with Gasteiger partial charge in [0.05, 0.1) is 13.5 Å². The molecule has 1 rings (SSSR count). The van der Waals surface area contributed by atoms with E-state index in [-0.39, 0.29) is 11.5 Å². The van der Waals surface area contributed by atoms with Gasteiger partial charge in [0.2, 0.25) is 0 Å². The largest absolute Gasteiger partial charge is 0.469 e. The van der Waals surface area contributed by atoms with Crippen molar-refractivity contribution in [3.63, 3.8) is 0 Å². The van der Waals surface area contributed by atoms with E-state index in [4.69, 9.17) is 4.74 Å². The monoisotopic (exact) mass is 339 g/mol. The molecule has 0 radical (unpaired) electrons. The predicted octanol–water partition coefficient (Wildman–Crippen LogP) is 3.17. The van der Waals surface area contributed by atoms with Crippen molar-refractivity contribution in [2.24, 2.45) is 5.41 Å². The third-order valence-electron chi connectivity index (χ3n) is 3.89. The van der Waals surface area contributed by atoms with Gasteiger partial charge in [-0.2, -0.15) is 0 Å². The molecule has 0 aromatic rings. The molecule has 0 aromatic carbocycles. The molecule has 1 aliphatic carbocycles. The zero-order chi connectivity index (χ0) is 12.4. The Morgan fingerprint density at radius 2 is 1.81 bits per heavy atom. The van der Waals surface area contributed by atoms with E-state index in [0.717, 1.165) is 12.8 Å². The zero-order valence-corrected chi connectivity index (χ0v) is 12.8. The molecule has 0 aromatic heterocycles. The highest BCUT2D eigenvalue weighted by atomic mass is 127. The van der Waals surface area contributed by atoms with Gasteiger partial charge in [-0.1, -0.05) is 13.8 Å². The van der Waals surface area contributed by atoms with Crippen molar-refractivity contribution in [3.05, 3.63) is 0 Å². The van der Waals surface area contributed by atoms with Crippen LogP contribution in [0.5, 0.6) is 0 Å². The van der Waals surface area contributed by atoms with Gasteiger partial charge in [0, 0.05) is 28.4 Å². The van der Waals surface area contributed by atoms with E-state index in [1.807, 2.05) is 0 Å². The van der Waals surface area contributed by atoms with Crippen molar-refractivity contribution < 1.29 is 9.53 Å².